The largest absolute Gasteiger partial charge is 0.493 e. The van der Waals surface area contributed by atoms with Gasteiger partial charge in [-0.25, -0.2) is 0 Å². The molecule has 0 bridgehead atoms. The fourth-order valence-corrected chi connectivity index (χ4v) is 1.65. The van der Waals surface area contributed by atoms with Crippen LogP contribution < -0.4 is 10.5 Å². The van der Waals surface area contributed by atoms with Gasteiger partial charge in [0.1, 0.15) is 5.75 Å². The minimum Gasteiger partial charge on any atom is -0.493 e. The van der Waals surface area contributed by atoms with E-state index in [4.69, 9.17) is 22.7 Å². The van der Waals surface area contributed by atoms with Gasteiger partial charge < -0.3 is 10.5 Å². The van der Waals surface area contributed by atoms with Crippen molar-refractivity contribution in [3.8, 4) is 5.75 Å². The van der Waals surface area contributed by atoms with Gasteiger partial charge >= 0.3 is 0 Å². The Balaban J connectivity index is 2.15. The van der Waals surface area contributed by atoms with Crippen molar-refractivity contribution in [3.05, 3.63) is 42.5 Å². The van der Waals surface area contributed by atoms with Gasteiger partial charge in [0.15, 0.2) is 0 Å². The van der Waals surface area contributed by atoms with Crippen LogP contribution in [0.5, 0.6) is 5.75 Å². The zero-order valence-corrected chi connectivity index (χ0v) is 11.5. The number of nitrogens with two attached hydrogens (primary N) is 1. The predicted octanol–water partition coefficient (Wildman–Crippen LogP) is 3.53. The van der Waals surface area contributed by atoms with E-state index in [9.17, 15) is 0 Å². The molecule has 0 amide bonds. The summed E-state index contributed by atoms with van der Waals surface area (Å²) in [4.78, 5) is 0.475. The topological polar surface area (TPSA) is 35.2 Å². The third kappa shape index (κ3) is 2.79. The Morgan fingerprint density at radius 2 is 1.83 bits per heavy atom. The van der Waals surface area contributed by atoms with E-state index in [-0.39, 0.29) is 5.41 Å². The second-order valence-electron chi connectivity index (χ2n) is 5.05. The average Bonchev–Trinajstić information content (AvgIpc) is 2.36. The summed E-state index contributed by atoms with van der Waals surface area (Å²) in [5, 5.41) is 2.38. The Morgan fingerprint density at radius 3 is 2.50 bits per heavy atom. The summed E-state index contributed by atoms with van der Waals surface area (Å²) in [6.07, 6.45) is 0. The lowest BCUT2D eigenvalue weighted by atomic mass is 9.95. The maximum absolute atomic E-state index is 5.77. The molecule has 18 heavy (non-hydrogen) atoms. The first-order valence-electron chi connectivity index (χ1n) is 5.90. The highest BCUT2D eigenvalue weighted by atomic mass is 32.1. The highest BCUT2D eigenvalue weighted by molar-refractivity contribution is 7.80. The number of hydrogen-bond donors (Lipinski definition) is 1. The first kappa shape index (κ1) is 12.8. The number of rotatable bonds is 4. The van der Waals surface area contributed by atoms with Crippen molar-refractivity contribution in [2.24, 2.45) is 11.1 Å². The van der Waals surface area contributed by atoms with E-state index >= 15 is 0 Å². The minimum atomic E-state index is -0.291. The molecule has 0 saturated heterocycles. The van der Waals surface area contributed by atoms with Crippen LogP contribution in [0.15, 0.2) is 42.5 Å². The minimum absolute atomic E-state index is 0.291. The number of benzene rings is 2. The normalized spacial score (nSPS) is 11.4. The van der Waals surface area contributed by atoms with E-state index in [1.807, 2.05) is 38.1 Å². The van der Waals surface area contributed by atoms with E-state index in [0.29, 0.717) is 11.6 Å². The summed E-state index contributed by atoms with van der Waals surface area (Å²) in [6, 6.07) is 14.3. The molecule has 0 radical (unpaired) electrons. The molecule has 0 aromatic heterocycles. The second kappa shape index (κ2) is 4.94. The molecular formula is C15H17NOS. The molecule has 0 fully saturated rings. The van der Waals surface area contributed by atoms with Crippen molar-refractivity contribution in [1.29, 1.82) is 0 Å². The van der Waals surface area contributed by atoms with Crippen molar-refractivity contribution in [2.75, 3.05) is 6.61 Å². The third-order valence-corrected chi connectivity index (χ3v) is 3.54. The molecule has 2 aromatic rings. The number of ether oxygens (including phenoxy) is 1. The van der Waals surface area contributed by atoms with Crippen molar-refractivity contribution >= 4 is 28.0 Å². The zero-order valence-electron chi connectivity index (χ0n) is 10.6. The van der Waals surface area contributed by atoms with Crippen LogP contribution in [0.25, 0.3) is 10.8 Å². The van der Waals surface area contributed by atoms with Crippen LogP contribution in [0.1, 0.15) is 13.8 Å². The molecule has 2 aromatic carbocycles. The molecular weight excluding hydrogens is 242 g/mol. The van der Waals surface area contributed by atoms with Gasteiger partial charge in [-0.15, -0.1) is 0 Å². The van der Waals surface area contributed by atoms with E-state index in [1.54, 1.807) is 0 Å². The Labute approximate surface area is 113 Å². The fourth-order valence-electron chi connectivity index (χ4n) is 1.59. The van der Waals surface area contributed by atoms with Crippen molar-refractivity contribution in [2.45, 2.75) is 13.8 Å². The summed E-state index contributed by atoms with van der Waals surface area (Å²) < 4.78 is 5.77. The highest BCUT2D eigenvalue weighted by Gasteiger charge is 2.22. The Morgan fingerprint density at radius 1 is 1.17 bits per heavy atom. The van der Waals surface area contributed by atoms with Gasteiger partial charge in [0.25, 0.3) is 0 Å². The van der Waals surface area contributed by atoms with E-state index in [2.05, 4.69) is 18.2 Å². The fraction of sp³-hybridized carbons (Fsp3) is 0.267. The number of thiocarbonyl (C=S) groups is 1. The molecule has 0 atom stereocenters. The number of hydrogen-bond acceptors (Lipinski definition) is 2. The monoisotopic (exact) mass is 259 g/mol. The average molecular weight is 259 g/mol. The highest BCUT2D eigenvalue weighted by Crippen LogP contribution is 2.23. The van der Waals surface area contributed by atoms with E-state index in [1.165, 1.54) is 10.8 Å². The molecule has 94 valence electrons. The van der Waals surface area contributed by atoms with Crippen LogP contribution in [-0.4, -0.2) is 11.6 Å². The van der Waals surface area contributed by atoms with Crippen LogP contribution in [-0.2, 0) is 0 Å². The molecule has 0 aliphatic carbocycles. The summed E-state index contributed by atoms with van der Waals surface area (Å²) in [6.45, 7) is 4.45. The summed E-state index contributed by atoms with van der Waals surface area (Å²) in [7, 11) is 0. The molecule has 0 heterocycles. The summed E-state index contributed by atoms with van der Waals surface area (Å²) in [5.74, 6) is 0.845. The van der Waals surface area contributed by atoms with Crippen LogP contribution in [0, 0.1) is 5.41 Å². The van der Waals surface area contributed by atoms with Crippen molar-refractivity contribution in [1.82, 2.24) is 0 Å². The van der Waals surface area contributed by atoms with E-state index in [0.717, 1.165) is 5.75 Å². The molecule has 0 saturated carbocycles. The van der Waals surface area contributed by atoms with Crippen molar-refractivity contribution < 1.29 is 4.74 Å². The molecule has 0 aliphatic rings. The molecule has 0 aliphatic heterocycles. The standard InChI is InChI=1S/C15H17NOS/c1-15(2,14(16)18)10-17-13-8-7-11-5-3-4-6-12(11)9-13/h3-9H,10H2,1-2H3,(H2,16,18). The first-order valence-corrected chi connectivity index (χ1v) is 6.31. The Hall–Kier alpha value is -1.61. The first-order chi connectivity index (χ1) is 8.49. The van der Waals surface area contributed by atoms with E-state index < -0.39 is 0 Å². The van der Waals surface area contributed by atoms with Gasteiger partial charge in [-0.3, -0.25) is 0 Å². The second-order valence-corrected chi connectivity index (χ2v) is 5.49. The molecule has 2 nitrogen and oxygen atoms in total. The van der Waals surface area contributed by atoms with Crippen LogP contribution in [0.3, 0.4) is 0 Å². The molecule has 0 unspecified atom stereocenters. The van der Waals surface area contributed by atoms with Crippen LogP contribution >= 0.6 is 12.2 Å². The third-order valence-electron chi connectivity index (χ3n) is 2.99. The van der Waals surface area contributed by atoms with Gasteiger partial charge in [-0.2, -0.15) is 0 Å². The molecule has 2 N–H and O–H groups in total. The molecule has 2 rings (SSSR count). The van der Waals surface area contributed by atoms with Gasteiger partial charge in [0, 0.05) is 5.41 Å². The van der Waals surface area contributed by atoms with Gasteiger partial charge in [-0.05, 0) is 22.9 Å². The lowest BCUT2D eigenvalue weighted by molar-refractivity contribution is 0.237. The SMILES string of the molecule is CC(C)(COc1ccc2ccccc2c1)C(N)=S. The van der Waals surface area contributed by atoms with Gasteiger partial charge in [0.2, 0.25) is 0 Å². The maximum Gasteiger partial charge on any atom is 0.119 e. The summed E-state index contributed by atoms with van der Waals surface area (Å²) >= 11 is 5.02. The van der Waals surface area contributed by atoms with Gasteiger partial charge in [0.05, 0.1) is 11.6 Å². The predicted molar refractivity (Wildman–Crippen MR) is 80.0 cm³/mol. The summed E-state index contributed by atoms with van der Waals surface area (Å²) in [5.41, 5.74) is 5.39. The maximum atomic E-state index is 5.77. The quantitative estimate of drug-likeness (QED) is 0.853. The van der Waals surface area contributed by atoms with Gasteiger partial charge in [-0.1, -0.05) is 56.4 Å². The molecule has 3 heteroatoms. The Kier molecular flexibility index (Phi) is 3.53. The smallest absolute Gasteiger partial charge is 0.119 e. The Bertz CT molecular complexity index is 577. The zero-order chi connectivity index (χ0) is 13.2. The lowest BCUT2D eigenvalue weighted by Crippen LogP contribution is -2.35. The molecule has 0 spiro atoms. The number of fused-ring (bicyclic) bond motifs is 1. The van der Waals surface area contributed by atoms with Crippen molar-refractivity contribution in [3.63, 3.8) is 0 Å². The van der Waals surface area contributed by atoms with Crippen LogP contribution in [0.4, 0.5) is 0 Å². The lowest BCUT2D eigenvalue weighted by Gasteiger charge is -2.23. The van der Waals surface area contributed by atoms with Crippen LogP contribution in [0.2, 0.25) is 0 Å².